The molecule has 1 aliphatic carbocycles. The van der Waals surface area contributed by atoms with Gasteiger partial charge in [-0.15, -0.1) is 0 Å². The molecule has 0 amide bonds. The van der Waals surface area contributed by atoms with Crippen LogP contribution in [0.2, 0.25) is 0 Å². The summed E-state index contributed by atoms with van der Waals surface area (Å²) in [7, 11) is 0. The molecule has 2 aromatic rings. The maximum atomic E-state index is 10.6. The average Bonchev–Trinajstić information content (AvgIpc) is 2.54. The molecule has 1 fully saturated rings. The molecule has 0 unspecified atom stereocenters. The van der Waals surface area contributed by atoms with Crippen LogP contribution in [-0.4, -0.2) is 11.3 Å². The van der Waals surface area contributed by atoms with Crippen molar-refractivity contribution in [3.8, 4) is 5.75 Å². The Labute approximate surface area is 138 Å². The molecule has 0 atom stereocenters. The molecule has 0 saturated heterocycles. The van der Waals surface area contributed by atoms with Crippen LogP contribution in [-0.2, 0) is 0 Å². The van der Waals surface area contributed by atoms with Crippen LogP contribution in [0, 0.1) is 13.8 Å². The van der Waals surface area contributed by atoms with Crippen molar-refractivity contribution in [1.29, 1.82) is 0 Å². The van der Waals surface area contributed by atoms with Gasteiger partial charge in [-0.25, -0.2) is 0 Å². The highest BCUT2D eigenvalue weighted by atomic mass is 16.3. The molecule has 2 aromatic carbocycles. The Bertz CT molecular complexity index is 692. The first-order valence-corrected chi connectivity index (χ1v) is 8.58. The van der Waals surface area contributed by atoms with Gasteiger partial charge in [-0.05, 0) is 67.5 Å². The standard InChI is InChI=1S/C21H25NO/c1-15-11-16(2)13-19(12-15)22-14-18-9-6-10-20(21(18)23)17-7-4-3-5-8-17/h6,9-14,17,23H,3-5,7-8H2,1-2H3. The predicted octanol–water partition coefficient (Wildman–Crippen LogP) is 5.81. The van der Waals surface area contributed by atoms with Crippen molar-refractivity contribution >= 4 is 11.9 Å². The van der Waals surface area contributed by atoms with Crippen LogP contribution < -0.4 is 0 Å². The zero-order chi connectivity index (χ0) is 16.2. The molecule has 3 rings (SSSR count). The van der Waals surface area contributed by atoms with E-state index in [0.29, 0.717) is 11.7 Å². The lowest BCUT2D eigenvalue weighted by Crippen LogP contribution is -2.05. The molecule has 120 valence electrons. The molecule has 1 N–H and O–H groups in total. The maximum absolute atomic E-state index is 10.6. The van der Waals surface area contributed by atoms with Crippen LogP contribution in [0.5, 0.6) is 5.75 Å². The molecule has 2 heteroatoms. The number of benzene rings is 2. The van der Waals surface area contributed by atoms with Gasteiger partial charge >= 0.3 is 0 Å². The molecule has 0 bridgehead atoms. The SMILES string of the molecule is Cc1cc(C)cc(N=Cc2cccc(C3CCCCC3)c2O)c1. The lowest BCUT2D eigenvalue weighted by molar-refractivity contribution is 0.414. The molecule has 1 aliphatic rings. The fourth-order valence-electron chi connectivity index (χ4n) is 3.60. The van der Waals surface area contributed by atoms with Crippen LogP contribution in [0.25, 0.3) is 0 Å². The molecule has 0 radical (unpaired) electrons. The van der Waals surface area contributed by atoms with E-state index in [4.69, 9.17) is 0 Å². The summed E-state index contributed by atoms with van der Waals surface area (Å²) in [5.41, 5.74) is 5.25. The molecular weight excluding hydrogens is 282 g/mol. The number of hydrogen-bond donors (Lipinski definition) is 1. The van der Waals surface area contributed by atoms with E-state index in [1.165, 1.54) is 43.2 Å². The van der Waals surface area contributed by atoms with Crippen molar-refractivity contribution in [3.63, 3.8) is 0 Å². The largest absolute Gasteiger partial charge is 0.507 e. The molecule has 23 heavy (non-hydrogen) atoms. The Morgan fingerprint density at radius 1 is 1.00 bits per heavy atom. The number of phenolic OH excluding ortho intramolecular Hbond substituents is 1. The van der Waals surface area contributed by atoms with E-state index in [-0.39, 0.29) is 0 Å². The maximum Gasteiger partial charge on any atom is 0.127 e. The zero-order valence-electron chi connectivity index (χ0n) is 14.0. The third-order valence-corrected chi connectivity index (χ3v) is 4.70. The summed E-state index contributed by atoms with van der Waals surface area (Å²) in [4.78, 5) is 4.56. The Balaban J connectivity index is 1.86. The van der Waals surface area contributed by atoms with E-state index >= 15 is 0 Å². The van der Waals surface area contributed by atoms with Crippen molar-refractivity contribution in [2.24, 2.45) is 4.99 Å². The summed E-state index contributed by atoms with van der Waals surface area (Å²) < 4.78 is 0. The third-order valence-electron chi connectivity index (χ3n) is 4.70. The molecule has 0 spiro atoms. The number of aryl methyl sites for hydroxylation is 2. The van der Waals surface area contributed by atoms with E-state index in [2.05, 4.69) is 43.1 Å². The lowest BCUT2D eigenvalue weighted by Gasteiger charge is -2.23. The molecule has 2 nitrogen and oxygen atoms in total. The average molecular weight is 307 g/mol. The van der Waals surface area contributed by atoms with Crippen LogP contribution in [0.4, 0.5) is 5.69 Å². The summed E-state index contributed by atoms with van der Waals surface area (Å²) in [5, 5.41) is 10.6. The van der Waals surface area contributed by atoms with Gasteiger partial charge in [-0.2, -0.15) is 0 Å². The van der Waals surface area contributed by atoms with Crippen molar-refractivity contribution in [1.82, 2.24) is 0 Å². The number of phenols is 1. The number of aromatic hydroxyl groups is 1. The van der Waals surface area contributed by atoms with E-state index in [0.717, 1.165) is 16.8 Å². The van der Waals surface area contributed by atoms with Crippen molar-refractivity contribution < 1.29 is 5.11 Å². The fraction of sp³-hybridized carbons (Fsp3) is 0.381. The first-order chi connectivity index (χ1) is 11.1. The van der Waals surface area contributed by atoms with Gasteiger partial charge in [0.2, 0.25) is 0 Å². The summed E-state index contributed by atoms with van der Waals surface area (Å²) in [5.74, 6) is 0.908. The van der Waals surface area contributed by atoms with Crippen molar-refractivity contribution in [3.05, 3.63) is 58.7 Å². The summed E-state index contributed by atoms with van der Waals surface area (Å²) in [6, 6.07) is 12.3. The van der Waals surface area contributed by atoms with Gasteiger partial charge in [-0.3, -0.25) is 4.99 Å². The molecule has 0 aliphatic heterocycles. The molecular formula is C21H25NO. The number of aliphatic imine (C=N–C) groups is 1. The van der Waals surface area contributed by atoms with Gasteiger partial charge in [0.05, 0.1) is 5.69 Å². The summed E-state index contributed by atoms with van der Waals surface area (Å²) in [6.07, 6.45) is 8.02. The van der Waals surface area contributed by atoms with Gasteiger partial charge in [0.25, 0.3) is 0 Å². The predicted molar refractivity (Wildman–Crippen MR) is 97.1 cm³/mol. The van der Waals surface area contributed by atoms with E-state index in [1.54, 1.807) is 6.21 Å². The minimum absolute atomic E-state index is 0.410. The summed E-state index contributed by atoms with van der Waals surface area (Å²) >= 11 is 0. The first-order valence-electron chi connectivity index (χ1n) is 8.58. The highest BCUT2D eigenvalue weighted by Gasteiger charge is 2.19. The smallest absolute Gasteiger partial charge is 0.127 e. The lowest BCUT2D eigenvalue weighted by atomic mass is 9.83. The molecule has 0 heterocycles. The second kappa shape index (κ2) is 6.99. The van der Waals surface area contributed by atoms with E-state index in [1.807, 2.05) is 12.1 Å². The second-order valence-electron chi connectivity index (χ2n) is 6.72. The van der Waals surface area contributed by atoms with Crippen LogP contribution >= 0.6 is 0 Å². The van der Waals surface area contributed by atoms with Gasteiger partial charge in [0, 0.05) is 11.8 Å². The van der Waals surface area contributed by atoms with Crippen molar-refractivity contribution in [2.75, 3.05) is 0 Å². The van der Waals surface area contributed by atoms with Crippen LogP contribution in [0.3, 0.4) is 0 Å². The van der Waals surface area contributed by atoms with Gasteiger partial charge in [0.15, 0.2) is 0 Å². The third kappa shape index (κ3) is 3.82. The van der Waals surface area contributed by atoms with Crippen molar-refractivity contribution in [2.45, 2.75) is 51.9 Å². The van der Waals surface area contributed by atoms with E-state index in [9.17, 15) is 5.11 Å². The highest BCUT2D eigenvalue weighted by molar-refractivity contribution is 5.86. The summed E-state index contributed by atoms with van der Waals surface area (Å²) in [6.45, 7) is 4.15. The Kier molecular flexibility index (Phi) is 4.80. The fourth-order valence-corrected chi connectivity index (χ4v) is 3.60. The monoisotopic (exact) mass is 307 g/mol. The highest BCUT2D eigenvalue weighted by Crippen LogP contribution is 2.38. The zero-order valence-corrected chi connectivity index (χ0v) is 14.0. The van der Waals surface area contributed by atoms with Gasteiger partial charge in [-0.1, -0.05) is 37.5 Å². The first kappa shape index (κ1) is 15.8. The number of hydrogen-bond acceptors (Lipinski definition) is 2. The number of para-hydroxylation sites is 1. The minimum Gasteiger partial charge on any atom is -0.507 e. The van der Waals surface area contributed by atoms with E-state index < -0.39 is 0 Å². The quantitative estimate of drug-likeness (QED) is 0.713. The second-order valence-corrected chi connectivity index (χ2v) is 6.72. The number of rotatable bonds is 3. The van der Waals surface area contributed by atoms with Gasteiger partial charge < -0.3 is 5.11 Å². The minimum atomic E-state index is 0.410. The van der Waals surface area contributed by atoms with Crippen LogP contribution in [0.1, 0.15) is 60.3 Å². The topological polar surface area (TPSA) is 32.6 Å². The Hall–Kier alpha value is -2.09. The number of nitrogens with zero attached hydrogens (tertiary/aromatic N) is 1. The molecule has 1 saturated carbocycles. The molecule has 0 aromatic heterocycles. The Morgan fingerprint density at radius 2 is 1.70 bits per heavy atom. The van der Waals surface area contributed by atoms with Gasteiger partial charge in [0.1, 0.15) is 5.75 Å². The normalized spacial score (nSPS) is 16.1. The Morgan fingerprint density at radius 3 is 2.39 bits per heavy atom. The van der Waals surface area contributed by atoms with Crippen LogP contribution in [0.15, 0.2) is 41.4 Å².